The molecular weight excluding hydrogens is 458 g/mol. The average Bonchev–Trinajstić information content (AvgIpc) is 2.74. The summed E-state index contributed by atoms with van der Waals surface area (Å²) in [5, 5.41) is 0. The van der Waals surface area contributed by atoms with Crippen molar-refractivity contribution < 1.29 is 42.8 Å². The number of ether oxygens (including phenoxy) is 6. The van der Waals surface area contributed by atoms with E-state index in [-0.39, 0.29) is 19.8 Å². The number of imide groups is 1. The highest BCUT2D eigenvalue weighted by Crippen LogP contribution is 2.22. The Labute approximate surface area is 209 Å². The van der Waals surface area contributed by atoms with E-state index in [1.54, 1.807) is 54.5 Å². The molecule has 10 heteroatoms. The minimum atomic E-state index is -1.43. The summed E-state index contributed by atoms with van der Waals surface area (Å²) < 4.78 is 34.1. The van der Waals surface area contributed by atoms with Gasteiger partial charge in [0.05, 0.1) is 19.8 Å². The van der Waals surface area contributed by atoms with Gasteiger partial charge >= 0.3 is 18.2 Å². The van der Waals surface area contributed by atoms with E-state index in [4.69, 9.17) is 28.4 Å². The van der Waals surface area contributed by atoms with E-state index >= 15 is 0 Å². The van der Waals surface area contributed by atoms with Crippen molar-refractivity contribution >= 4 is 18.2 Å². The number of cyclic esters (lactones) is 1. The van der Waals surface area contributed by atoms with Crippen LogP contribution in [0.5, 0.6) is 0 Å². The quantitative estimate of drug-likeness (QED) is 0.209. The summed E-state index contributed by atoms with van der Waals surface area (Å²) in [4.78, 5) is 39.9. The highest BCUT2D eigenvalue weighted by Gasteiger charge is 2.44. The van der Waals surface area contributed by atoms with Crippen LogP contribution in [0.1, 0.15) is 68.2 Å². The van der Waals surface area contributed by atoms with Crippen molar-refractivity contribution in [2.24, 2.45) is 0 Å². The SMILES string of the molecule is C=CCOC1C(C)OC(=O)C(N(C(=O)OC(C)(C)C)C(=O)OC(C)(C)C)COCC1OCCCC. The number of hydrogen-bond donors (Lipinski definition) is 0. The number of amides is 2. The van der Waals surface area contributed by atoms with Gasteiger partial charge < -0.3 is 28.4 Å². The van der Waals surface area contributed by atoms with Gasteiger partial charge in [-0.05, 0) is 54.9 Å². The molecule has 202 valence electrons. The summed E-state index contributed by atoms with van der Waals surface area (Å²) in [5.74, 6) is -0.851. The molecule has 0 aliphatic carbocycles. The smallest absolute Gasteiger partial charge is 0.420 e. The minimum Gasteiger partial charge on any atom is -0.458 e. The van der Waals surface area contributed by atoms with Crippen LogP contribution < -0.4 is 0 Å². The molecule has 1 fully saturated rings. The van der Waals surface area contributed by atoms with E-state index in [0.29, 0.717) is 11.5 Å². The maximum atomic E-state index is 13.2. The average molecular weight is 502 g/mol. The van der Waals surface area contributed by atoms with Crippen LogP contribution in [0.4, 0.5) is 9.59 Å². The third-order valence-corrected chi connectivity index (χ3v) is 4.69. The van der Waals surface area contributed by atoms with E-state index in [1.807, 2.05) is 6.92 Å². The van der Waals surface area contributed by atoms with Gasteiger partial charge in [-0.15, -0.1) is 6.58 Å². The molecule has 1 heterocycles. The van der Waals surface area contributed by atoms with Crippen molar-refractivity contribution in [1.29, 1.82) is 0 Å². The van der Waals surface area contributed by atoms with Crippen molar-refractivity contribution in [3.05, 3.63) is 12.7 Å². The summed E-state index contributed by atoms with van der Waals surface area (Å²) in [6.07, 6.45) is -0.674. The Hall–Kier alpha value is -2.17. The third-order valence-electron chi connectivity index (χ3n) is 4.69. The van der Waals surface area contributed by atoms with Crippen LogP contribution in [0.15, 0.2) is 12.7 Å². The molecule has 1 saturated heterocycles. The topological polar surface area (TPSA) is 110 Å². The van der Waals surface area contributed by atoms with Gasteiger partial charge in [-0.1, -0.05) is 19.4 Å². The highest BCUT2D eigenvalue weighted by molar-refractivity contribution is 5.94. The van der Waals surface area contributed by atoms with E-state index < -0.39 is 53.7 Å². The van der Waals surface area contributed by atoms with Crippen molar-refractivity contribution in [2.45, 2.75) is 104 Å². The van der Waals surface area contributed by atoms with E-state index in [1.165, 1.54) is 0 Å². The Bertz CT molecular complexity index is 683. The van der Waals surface area contributed by atoms with E-state index in [2.05, 4.69) is 6.58 Å². The first-order chi connectivity index (χ1) is 16.2. The predicted octanol–water partition coefficient (Wildman–Crippen LogP) is 4.25. The van der Waals surface area contributed by atoms with Gasteiger partial charge in [0.2, 0.25) is 0 Å². The van der Waals surface area contributed by atoms with Crippen LogP contribution >= 0.6 is 0 Å². The molecule has 0 spiro atoms. The van der Waals surface area contributed by atoms with Crippen molar-refractivity contribution in [1.82, 2.24) is 4.90 Å². The fraction of sp³-hybridized carbons (Fsp3) is 0.800. The molecule has 4 atom stereocenters. The number of rotatable bonds is 8. The Morgan fingerprint density at radius 3 is 2.11 bits per heavy atom. The van der Waals surface area contributed by atoms with Gasteiger partial charge in [-0.2, -0.15) is 4.90 Å². The van der Waals surface area contributed by atoms with Crippen LogP contribution in [0.25, 0.3) is 0 Å². The van der Waals surface area contributed by atoms with Crippen molar-refractivity contribution in [3.63, 3.8) is 0 Å². The molecule has 2 amide bonds. The van der Waals surface area contributed by atoms with Crippen LogP contribution in [0.3, 0.4) is 0 Å². The lowest BCUT2D eigenvalue weighted by Crippen LogP contribution is -2.54. The first kappa shape index (κ1) is 30.9. The number of unbranched alkanes of at least 4 members (excludes halogenated alkanes) is 1. The van der Waals surface area contributed by atoms with E-state index in [0.717, 1.165) is 12.8 Å². The molecule has 0 aromatic carbocycles. The zero-order chi connectivity index (χ0) is 26.8. The molecular formula is C25H43NO9. The lowest BCUT2D eigenvalue weighted by atomic mass is 10.1. The summed E-state index contributed by atoms with van der Waals surface area (Å²) in [6.45, 7) is 17.7. The highest BCUT2D eigenvalue weighted by atomic mass is 16.6. The molecule has 0 saturated carbocycles. The Balaban J connectivity index is 3.28. The predicted molar refractivity (Wildman–Crippen MR) is 129 cm³/mol. The first-order valence-electron chi connectivity index (χ1n) is 12.1. The monoisotopic (exact) mass is 501 g/mol. The summed E-state index contributed by atoms with van der Waals surface area (Å²) in [5.41, 5.74) is -1.84. The normalized spacial score (nSPS) is 23.8. The van der Waals surface area contributed by atoms with Crippen LogP contribution in [-0.2, 0) is 33.2 Å². The largest absolute Gasteiger partial charge is 0.458 e. The molecule has 1 aliphatic rings. The van der Waals surface area contributed by atoms with Crippen LogP contribution in [-0.4, -0.2) is 85.0 Å². The number of carbonyl (C=O) groups is 3. The summed E-state index contributed by atoms with van der Waals surface area (Å²) in [7, 11) is 0. The molecule has 0 radical (unpaired) electrons. The maximum Gasteiger partial charge on any atom is 0.420 e. The molecule has 0 N–H and O–H groups in total. The molecule has 1 rings (SSSR count). The Morgan fingerprint density at radius 2 is 1.63 bits per heavy atom. The van der Waals surface area contributed by atoms with Crippen LogP contribution in [0, 0.1) is 0 Å². The van der Waals surface area contributed by atoms with Gasteiger partial charge in [-0.3, -0.25) is 0 Å². The van der Waals surface area contributed by atoms with Gasteiger partial charge in [0.1, 0.15) is 29.5 Å². The molecule has 0 aromatic rings. The Morgan fingerprint density at radius 1 is 1.06 bits per heavy atom. The minimum absolute atomic E-state index is 0.0550. The molecule has 0 bridgehead atoms. The van der Waals surface area contributed by atoms with Gasteiger partial charge in [0.15, 0.2) is 6.04 Å². The number of hydrogen-bond acceptors (Lipinski definition) is 9. The second-order valence-electron chi connectivity index (χ2n) is 10.4. The molecule has 1 aliphatic heterocycles. The zero-order valence-corrected chi connectivity index (χ0v) is 22.5. The standard InChI is InChI=1S/C25H43NO9/c1-10-12-14-31-19-16-30-15-18(21(27)33-17(3)20(19)32-13-11-2)26(22(28)34-24(4,5)6)23(29)35-25(7,8)9/h11,17-20H,2,10,12-16H2,1,3-9H3. The molecule has 10 nitrogen and oxygen atoms in total. The zero-order valence-electron chi connectivity index (χ0n) is 22.5. The van der Waals surface area contributed by atoms with Gasteiger partial charge in [-0.25, -0.2) is 14.4 Å². The van der Waals surface area contributed by atoms with Gasteiger partial charge in [0, 0.05) is 6.61 Å². The van der Waals surface area contributed by atoms with Crippen LogP contribution in [0.2, 0.25) is 0 Å². The summed E-state index contributed by atoms with van der Waals surface area (Å²) >= 11 is 0. The van der Waals surface area contributed by atoms with E-state index in [9.17, 15) is 14.4 Å². The molecule has 4 unspecified atom stereocenters. The lowest BCUT2D eigenvalue weighted by Gasteiger charge is -2.32. The summed E-state index contributed by atoms with van der Waals surface area (Å²) in [6, 6.07) is -1.43. The fourth-order valence-corrected chi connectivity index (χ4v) is 3.16. The first-order valence-corrected chi connectivity index (χ1v) is 12.1. The third kappa shape index (κ3) is 11.0. The number of esters is 1. The lowest BCUT2D eigenvalue weighted by molar-refractivity contribution is -0.168. The Kier molecular flexibility index (Phi) is 12.2. The second kappa shape index (κ2) is 13.8. The maximum absolute atomic E-state index is 13.2. The van der Waals surface area contributed by atoms with Crippen molar-refractivity contribution in [2.75, 3.05) is 26.4 Å². The fourth-order valence-electron chi connectivity index (χ4n) is 3.16. The van der Waals surface area contributed by atoms with Crippen molar-refractivity contribution in [3.8, 4) is 0 Å². The molecule has 0 aromatic heterocycles. The number of carbonyl (C=O) groups excluding carboxylic acids is 3. The van der Waals surface area contributed by atoms with Gasteiger partial charge in [0.25, 0.3) is 0 Å². The molecule has 35 heavy (non-hydrogen) atoms. The second-order valence-corrected chi connectivity index (χ2v) is 10.4. The number of nitrogens with zero attached hydrogens (tertiary/aromatic N) is 1.